The van der Waals surface area contributed by atoms with Crippen molar-refractivity contribution in [1.82, 2.24) is 15.5 Å². The molecule has 0 aromatic heterocycles. The summed E-state index contributed by atoms with van der Waals surface area (Å²) < 4.78 is 5.14. The van der Waals surface area contributed by atoms with E-state index in [0.717, 1.165) is 24.3 Å². The van der Waals surface area contributed by atoms with Crippen LogP contribution in [0.25, 0.3) is 0 Å². The van der Waals surface area contributed by atoms with Gasteiger partial charge in [-0.25, -0.2) is 0 Å². The molecule has 122 valence electrons. The third kappa shape index (κ3) is 7.08. The van der Waals surface area contributed by atoms with Gasteiger partial charge in [0.05, 0.1) is 7.11 Å². The molecule has 0 saturated heterocycles. The van der Waals surface area contributed by atoms with E-state index in [1.807, 2.05) is 43.3 Å². The number of nitrogens with zero attached hydrogens (tertiary/aromatic N) is 1. The Labute approximate surface area is 131 Å². The zero-order valence-electron chi connectivity index (χ0n) is 13.5. The molecule has 0 unspecified atom stereocenters. The van der Waals surface area contributed by atoms with Crippen molar-refractivity contribution in [3.63, 3.8) is 0 Å². The largest absolute Gasteiger partial charge is 0.497 e. The lowest BCUT2D eigenvalue weighted by atomic mass is 10.1. The molecule has 1 aromatic carbocycles. The highest BCUT2D eigenvalue weighted by atomic mass is 16.5. The van der Waals surface area contributed by atoms with Crippen LogP contribution in [0.2, 0.25) is 0 Å². The fourth-order valence-electron chi connectivity index (χ4n) is 1.91. The Balaban J connectivity index is 2.23. The third-order valence-electron chi connectivity index (χ3n) is 3.11. The topological polar surface area (TPSA) is 70.7 Å². The van der Waals surface area contributed by atoms with Crippen molar-refractivity contribution >= 4 is 11.8 Å². The van der Waals surface area contributed by atoms with Gasteiger partial charge in [0.1, 0.15) is 5.75 Å². The maximum atomic E-state index is 11.6. The molecule has 1 rings (SSSR count). The summed E-state index contributed by atoms with van der Waals surface area (Å²) in [5.41, 5.74) is 1.05. The van der Waals surface area contributed by atoms with E-state index in [-0.39, 0.29) is 0 Å². The second-order valence-corrected chi connectivity index (χ2v) is 5.27. The lowest BCUT2D eigenvalue weighted by molar-refractivity contribution is -0.139. The van der Waals surface area contributed by atoms with E-state index >= 15 is 0 Å². The third-order valence-corrected chi connectivity index (χ3v) is 3.11. The Hall–Kier alpha value is -2.08. The Morgan fingerprint density at radius 2 is 1.82 bits per heavy atom. The minimum absolute atomic E-state index is 0.414. The van der Waals surface area contributed by atoms with Crippen LogP contribution in [-0.4, -0.2) is 57.6 Å². The Bertz CT molecular complexity index is 489. The normalized spacial score (nSPS) is 10.4. The summed E-state index contributed by atoms with van der Waals surface area (Å²) in [7, 11) is 5.54. The van der Waals surface area contributed by atoms with Crippen molar-refractivity contribution in [2.45, 2.75) is 12.8 Å². The molecule has 0 bridgehead atoms. The molecule has 0 spiro atoms. The molecule has 0 aliphatic rings. The minimum Gasteiger partial charge on any atom is -0.497 e. The smallest absolute Gasteiger partial charge is 0.309 e. The summed E-state index contributed by atoms with van der Waals surface area (Å²) in [6.07, 6.45) is 1.46. The summed E-state index contributed by atoms with van der Waals surface area (Å²) in [4.78, 5) is 25.2. The van der Waals surface area contributed by atoms with Crippen LogP contribution in [0, 0.1) is 0 Å². The molecule has 2 N–H and O–H groups in total. The Kier molecular flexibility index (Phi) is 7.99. The summed E-state index contributed by atoms with van der Waals surface area (Å²) in [5.74, 6) is -0.389. The van der Waals surface area contributed by atoms with Gasteiger partial charge in [0.15, 0.2) is 0 Å². The van der Waals surface area contributed by atoms with Gasteiger partial charge in [0.2, 0.25) is 0 Å². The second-order valence-electron chi connectivity index (χ2n) is 5.27. The molecule has 0 fully saturated rings. The minimum atomic E-state index is -0.590. The van der Waals surface area contributed by atoms with Gasteiger partial charge in [0.25, 0.3) is 0 Å². The number of carbonyl (C=O) groups is 2. The average Bonchev–Trinajstić information content (AvgIpc) is 2.51. The first kappa shape index (κ1) is 18.0. The Morgan fingerprint density at radius 3 is 2.45 bits per heavy atom. The SMILES string of the molecule is COc1cccc(CCNC(=O)C(=O)NCCCN(C)C)c1. The van der Waals surface area contributed by atoms with Crippen LogP contribution < -0.4 is 15.4 Å². The number of rotatable bonds is 8. The van der Waals surface area contributed by atoms with Crippen molar-refractivity contribution in [3.05, 3.63) is 29.8 Å². The number of amides is 2. The lowest BCUT2D eigenvalue weighted by Crippen LogP contribution is -2.41. The van der Waals surface area contributed by atoms with Gasteiger partial charge >= 0.3 is 11.8 Å². The molecular weight excluding hydrogens is 282 g/mol. The number of nitrogens with one attached hydrogen (secondary N) is 2. The van der Waals surface area contributed by atoms with E-state index in [2.05, 4.69) is 10.6 Å². The molecule has 0 saturated carbocycles. The highest BCUT2D eigenvalue weighted by Crippen LogP contribution is 2.12. The van der Waals surface area contributed by atoms with Gasteiger partial charge in [0, 0.05) is 13.1 Å². The van der Waals surface area contributed by atoms with E-state index in [9.17, 15) is 9.59 Å². The molecule has 0 heterocycles. The first-order valence-electron chi connectivity index (χ1n) is 7.36. The summed E-state index contributed by atoms with van der Waals surface area (Å²) in [6, 6.07) is 7.63. The highest BCUT2D eigenvalue weighted by molar-refractivity contribution is 6.35. The Morgan fingerprint density at radius 1 is 1.14 bits per heavy atom. The molecule has 22 heavy (non-hydrogen) atoms. The first-order chi connectivity index (χ1) is 10.5. The van der Waals surface area contributed by atoms with Crippen molar-refractivity contribution in [3.8, 4) is 5.75 Å². The number of benzene rings is 1. The fraction of sp³-hybridized carbons (Fsp3) is 0.500. The quantitative estimate of drug-likeness (QED) is 0.539. The number of hydrogen-bond donors (Lipinski definition) is 2. The van der Waals surface area contributed by atoms with Crippen LogP contribution in [-0.2, 0) is 16.0 Å². The van der Waals surface area contributed by atoms with Crippen LogP contribution in [0.15, 0.2) is 24.3 Å². The number of ether oxygens (including phenoxy) is 1. The molecule has 0 aliphatic carbocycles. The van der Waals surface area contributed by atoms with Gasteiger partial charge in [-0.3, -0.25) is 9.59 Å². The van der Waals surface area contributed by atoms with Crippen LogP contribution in [0.1, 0.15) is 12.0 Å². The van der Waals surface area contributed by atoms with E-state index in [0.29, 0.717) is 19.5 Å². The molecule has 6 nitrogen and oxygen atoms in total. The van der Waals surface area contributed by atoms with Crippen molar-refractivity contribution < 1.29 is 14.3 Å². The first-order valence-corrected chi connectivity index (χ1v) is 7.36. The van der Waals surface area contributed by atoms with Crippen molar-refractivity contribution in [2.75, 3.05) is 40.8 Å². The monoisotopic (exact) mass is 307 g/mol. The van der Waals surface area contributed by atoms with E-state index in [1.165, 1.54) is 0 Å². The second kappa shape index (κ2) is 9.78. The number of carbonyl (C=O) groups excluding carboxylic acids is 2. The molecular formula is C16H25N3O3. The lowest BCUT2D eigenvalue weighted by Gasteiger charge is -2.10. The average molecular weight is 307 g/mol. The molecule has 0 atom stereocenters. The van der Waals surface area contributed by atoms with Gasteiger partial charge in [-0.1, -0.05) is 12.1 Å². The molecule has 0 aliphatic heterocycles. The van der Waals surface area contributed by atoms with Crippen LogP contribution >= 0.6 is 0 Å². The number of hydrogen-bond acceptors (Lipinski definition) is 4. The van der Waals surface area contributed by atoms with Gasteiger partial charge in [-0.2, -0.15) is 0 Å². The molecule has 1 aromatic rings. The maximum absolute atomic E-state index is 11.6. The fourth-order valence-corrected chi connectivity index (χ4v) is 1.91. The van der Waals surface area contributed by atoms with Crippen molar-refractivity contribution in [1.29, 1.82) is 0 Å². The molecule has 6 heteroatoms. The summed E-state index contributed by atoms with van der Waals surface area (Å²) in [6.45, 7) is 1.79. The maximum Gasteiger partial charge on any atom is 0.309 e. The van der Waals surface area contributed by atoms with E-state index < -0.39 is 11.8 Å². The summed E-state index contributed by atoms with van der Waals surface area (Å²) >= 11 is 0. The predicted molar refractivity (Wildman–Crippen MR) is 85.9 cm³/mol. The molecule has 2 amide bonds. The predicted octanol–water partition coefficient (Wildman–Crippen LogP) is 0.422. The zero-order valence-corrected chi connectivity index (χ0v) is 13.5. The zero-order chi connectivity index (χ0) is 16.4. The van der Waals surface area contributed by atoms with Crippen LogP contribution in [0.5, 0.6) is 5.75 Å². The van der Waals surface area contributed by atoms with Gasteiger partial charge in [-0.15, -0.1) is 0 Å². The van der Waals surface area contributed by atoms with Gasteiger partial charge < -0.3 is 20.3 Å². The van der Waals surface area contributed by atoms with Crippen LogP contribution in [0.3, 0.4) is 0 Å². The van der Waals surface area contributed by atoms with E-state index in [4.69, 9.17) is 4.74 Å². The van der Waals surface area contributed by atoms with Crippen LogP contribution in [0.4, 0.5) is 0 Å². The number of methoxy groups -OCH3 is 1. The highest BCUT2D eigenvalue weighted by Gasteiger charge is 2.11. The standard InChI is InChI=1S/C16H25N3O3/c1-19(2)11-5-9-17-15(20)16(21)18-10-8-13-6-4-7-14(12-13)22-3/h4,6-7,12H,5,8-11H2,1-3H3,(H,17,20)(H,18,21). The molecule has 0 radical (unpaired) electrons. The van der Waals surface area contributed by atoms with Crippen molar-refractivity contribution in [2.24, 2.45) is 0 Å². The van der Waals surface area contributed by atoms with Gasteiger partial charge in [-0.05, 0) is 51.2 Å². The van der Waals surface area contributed by atoms with E-state index in [1.54, 1.807) is 7.11 Å². The summed E-state index contributed by atoms with van der Waals surface area (Å²) in [5, 5.41) is 5.22.